The first kappa shape index (κ1) is 16.2. The summed E-state index contributed by atoms with van der Waals surface area (Å²) in [5, 5.41) is 11.4. The number of halogens is 2. The van der Waals surface area contributed by atoms with Gasteiger partial charge in [-0.3, -0.25) is 9.59 Å². The van der Waals surface area contributed by atoms with E-state index in [-0.39, 0.29) is 29.5 Å². The van der Waals surface area contributed by atoms with E-state index in [9.17, 15) is 23.9 Å². The van der Waals surface area contributed by atoms with Crippen LogP contribution >= 0.6 is 11.6 Å². The van der Waals surface area contributed by atoms with E-state index in [0.717, 1.165) is 6.07 Å². The Morgan fingerprint density at radius 3 is 2.68 bits per heavy atom. The van der Waals surface area contributed by atoms with Crippen LogP contribution in [0.1, 0.15) is 18.0 Å². The van der Waals surface area contributed by atoms with Crippen molar-refractivity contribution in [2.45, 2.75) is 12.5 Å². The van der Waals surface area contributed by atoms with E-state index >= 15 is 0 Å². The third-order valence-corrected chi connectivity index (χ3v) is 3.83. The quantitative estimate of drug-likeness (QED) is 0.869. The molecule has 2 amide bonds. The van der Waals surface area contributed by atoms with E-state index in [1.165, 1.54) is 17.0 Å². The molecule has 1 fully saturated rings. The van der Waals surface area contributed by atoms with Crippen LogP contribution in [0.2, 0.25) is 5.02 Å². The second-order valence-electron chi connectivity index (χ2n) is 5.13. The zero-order chi connectivity index (χ0) is 16.4. The van der Waals surface area contributed by atoms with Gasteiger partial charge < -0.3 is 15.3 Å². The van der Waals surface area contributed by atoms with Crippen molar-refractivity contribution in [3.63, 3.8) is 0 Å². The largest absolute Gasteiger partial charge is 0.479 e. The van der Waals surface area contributed by atoms with Gasteiger partial charge in [-0.05, 0) is 17.7 Å². The van der Waals surface area contributed by atoms with Crippen LogP contribution in [0.3, 0.4) is 0 Å². The highest BCUT2D eigenvalue weighted by atomic mass is 35.5. The maximum Gasteiger partial charge on any atom is 0.330 e. The van der Waals surface area contributed by atoms with E-state index in [4.69, 9.17) is 11.6 Å². The van der Waals surface area contributed by atoms with Gasteiger partial charge in [0.1, 0.15) is 5.82 Å². The summed E-state index contributed by atoms with van der Waals surface area (Å²) in [6, 6.07) is 2.12. The Hall–Kier alpha value is -2.15. The minimum Gasteiger partial charge on any atom is -0.479 e. The Labute approximate surface area is 130 Å². The van der Waals surface area contributed by atoms with E-state index in [0.29, 0.717) is 0 Å². The van der Waals surface area contributed by atoms with Gasteiger partial charge in [0.15, 0.2) is 6.04 Å². The van der Waals surface area contributed by atoms with Gasteiger partial charge in [-0.25, -0.2) is 9.18 Å². The fourth-order valence-corrected chi connectivity index (χ4v) is 2.40. The topological polar surface area (TPSA) is 86.7 Å². The Kier molecular flexibility index (Phi) is 4.65. The van der Waals surface area contributed by atoms with E-state index in [2.05, 4.69) is 5.32 Å². The molecule has 0 bridgehead atoms. The number of rotatable bonds is 4. The molecule has 8 heteroatoms. The van der Waals surface area contributed by atoms with Crippen LogP contribution in [0.25, 0.3) is 0 Å². The molecule has 118 valence electrons. The average molecular weight is 329 g/mol. The molecule has 22 heavy (non-hydrogen) atoms. The number of hydrogen-bond donors (Lipinski definition) is 2. The molecule has 1 saturated heterocycles. The molecule has 6 nitrogen and oxygen atoms in total. The minimum absolute atomic E-state index is 0.0314. The van der Waals surface area contributed by atoms with Crippen LogP contribution < -0.4 is 5.32 Å². The number of hydrogen-bond acceptors (Lipinski definition) is 3. The second-order valence-corrected chi connectivity index (χ2v) is 5.54. The maximum absolute atomic E-state index is 13.5. The molecule has 0 radical (unpaired) electrons. The highest BCUT2D eigenvalue weighted by Crippen LogP contribution is 2.22. The number of benzene rings is 1. The monoisotopic (exact) mass is 328 g/mol. The lowest BCUT2D eigenvalue weighted by molar-refractivity contribution is -0.142. The summed E-state index contributed by atoms with van der Waals surface area (Å²) in [6.07, 6.45) is 0.0314. The highest BCUT2D eigenvalue weighted by Gasteiger charge is 2.34. The summed E-state index contributed by atoms with van der Waals surface area (Å²) in [6.45, 7) is 0.228. The molecule has 2 rings (SSSR count). The van der Waals surface area contributed by atoms with Gasteiger partial charge in [0.25, 0.3) is 0 Å². The molecule has 0 spiro atoms. The first-order valence-corrected chi connectivity index (χ1v) is 6.89. The van der Waals surface area contributed by atoms with Crippen molar-refractivity contribution < 1.29 is 23.9 Å². The fourth-order valence-electron chi connectivity index (χ4n) is 2.28. The lowest BCUT2D eigenvalue weighted by Gasteiger charge is -2.17. The number of carbonyl (C=O) groups is 3. The standard InChI is InChI=1S/C14H14ClFN2O4/c1-18-6-8(5-11(18)19)13(20)17-12(14(21)22)7-2-3-9(15)10(16)4-7/h2-4,8,12H,5-6H2,1H3,(H,17,20)(H,21,22). The lowest BCUT2D eigenvalue weighted by atomic mass is 10.0. The summed E-state index contributed by atoms with van der Waals surface area (Å²) >= 11 is 5.55. The molecule has 2 N–H and O–H groups in total. The van der Waals surface area contributed by atoms with Gasteiger partial charge >= 0.3 is 5.97 Å². The second kappa shape index (κ2) is 6.31. The molecule has 0 aliphatic carbocycles. The van der Waals surface area contributed by atoms with Crippen LogP contribution in [0, 0.1) is 11.7 Å². The molecule has 2 unspecified atom stereocenters. The average Bonchev–Trinajstić information content (AvgIpc) is 2.79. The fraction of sp³-hybridized carbons (Fsp3) is 0.357. The first-order chi connectivity index (χ1) is 10.3. The SMILES string of the molecule is CN1CC(C(=O)NC(C(=O)O)c2ccc(Cl)c(F)c2)CC1=O. The van der Waals surface area contributed by atoms with Gasteiger partial charge in [-0.2, -0.15) is 0 Å². The molecule has 0 saturated carbocycles. The number of aliphatic carboxylic acids is 1. The van der Waals surface area contributed by atoms with Crippen molar-refractivity contribution in [2.24, 2.45) is 5.92 Å². The molecule has 1 heterocycles. The smallest absolute Gasteiger partial charge is 0.330 e. The number of carboxylic acid groups (broad SMARTS) is 1. The first-order valence-electron chi connectivity index (χ1n) is 6.51. The van der Waals surface area contributed by atoms with Crippen LogP contribution in [-0.2, 0) is 14.4 Å². The Balaban J connectivity index is 2.15. The Morgan fingerprint density at radius 1 is 1.50 bits per heavy atom. The Bertz CT molecular complexity index is 637. The summed E-state index contributed by atoms with van der Waals surface area (Å²) in [7, 11) is 1.57. The van der Waals surface area contributed by atoms with Crippen molar-refractivity contribution in [1.82, 2.24) is 10.2 Å². The van der Waals surface area contributed by atoms with Crippen LogP contribution in [-0.4, -0.2) is 41.4 Å². The summed E-state index contributed by atoms with van der Waals surface area (Å²) in [5.74, 6) is -3.44. The zero-order valence-corrected chi connectivity index (χ0v) is 12.4. The third-order valence-electron chi connectivity index (χ3n) is 3.52. The molecular formula is C14H14ClFN2O4. The third kappa shape index (κ3) is 3.36. The Morgan fingerprint density at radius 2 is 2.18 bits per heavy atom. The minimum atomic E-state index is -1.40. The van der Waals surface area contributed by atoms with Gasteiger partial charge in [0.2, 0.25) is 11.8 Å². The van der Waals surface area contributed by atoms with Gasteiger partial charge in [-0.15, -0.1) is 0 Å². The molecule has 1 aromatic carbocycles. The van der Waals surface area contributed by atoms with Gasteiger partial charge in [0, 0.05) is 20.0 Å². The summed E-state index contributed by atoms with van der Waals surface area (Å²) < 4.78 is 13.5. The molecular weight excluding hydrogens is 315 g/mol. The molecule has 1 aromatic rings. The predicted molar refractivity (Wildman–Crippen MR) is 75.7 cm³/mol. The number of carboxylic acids is 1. The van der Waals surface area contributed by atoms with Gasteiger partial charge in [0.05, 0.1) is 10.9 Å². The molecule has 2 atom stereocenters. The normalized spacial score (nSPS) is 19.1. The molecule has 1 aliphatic rings. The van der Waals surface area contributed by atoms with Gasteiger partial charge in [-0.1, -0.05) is 17.7 Å². The van der Waals surface area contributed by atoms with E-state index in [1.54, 1.807) is 7.05 Å². The maximum atomic E-state index is 13.5. The number of nitrogens with zero attached hydrogens (tertiary/aromatic N) is 1. The number of carbonyl (C=O) groups excluding carboxylic acids is 2. The van der Waals surface area contributed by atoms with Crippen LogP contribution in [0.5, 0.6) is 0 Å². The van der Waals surface area contributed by atoms with E-state index in [1.807, 2.05) is 0 Å². The van der Waals surface area contributed by atoms with E-state index < -0.39 is 29.7 Å². The highest BCUT2D eigenvalue weighted by molar-refractivity contribution is 6.30. The number of likely N-dealkylation sites (tertiary alicyclic amines) is 1. The van der Waals surface area contributed by atoms with Crippen molar-refractivity contribution >= 4 is 29.4 Å². The summed E-state index contributed by atoms with van der Waals surface area (Å²) in [4.78, 5) is 36.3. The van der Waals surface area contributed by atoms with Crippen molar-refractivity contribution in [2.75, 3.05) is 13.6 Å². The van der Waals surface area contributed by atoms with Crippen LogP contribution in [0.4, 0.5) is 4.39 Å². The lowest BCUT2D eigenvalue weighted by Crippen LogP contribution is -2.38. The van der Waals surface area contributed by atoms with Crippen molar-refractivity contribution in [3.8, 4) is 0 Å². The zero-order valence-electron chi connectivity index (χ0n) is 11.7. The molecule has 1 aliphatic heterocycles. The molecule has 0 aromatic heterocycles. The summed E-state index contributed by atoms with van der Waals surface area (Å²) in [5.41, 5.74) is 0.0698. The number of amides is 2. The van der Waals surface area contributed by atoms with Crippen molar-refractivity contribution in [3.05, 3.63) is 34.6 Å². The van der Waals surface area contributed by atoms with Crippen molar-refractivity contribution in [1.29, 1.82) is 0 Å². The van der Waals surface area contributed by atoms with Crippen LogP contribution in [0.15, 0.2) is 18.2 Å². The predicted octanol–water partition coefficient (Wildman–Crippen LogP) is 1.20. The number of nitrogens with one attached hydrogen (secondary N) is 1.